The number of nitrogens with two attached hydrogens (primary N) is 1. The molecule has 108 valence electrons. The van der Waals surface area contributed by atoms with Crippen LogP contribution in [-0.2, 0) is 13.1 Å². The van der Waals surface area contributed by atoms with Crippen molar-refractivity contribution in [3.05, 3.63) is 47.4 Å². The fraction of sp³-hybridized carbons (Fsp3) is 0.200. The molecule has 0 saturated heterocycles. The van der Waals surface area contributed by atoms with E-state index in [1.807, 2.05) is 12.1 Å². The van der Waals surface area contributed by atoms with Crippen molar-refractivity contribution in [2.45, 2.75) is 13.1 Å². The van der Waals surface area contributed by atoms with Crippen molar-refractivity contribution in [1.29, 1.82) is 0 Å². The molecule has 21 heavy (non-hydrogen) atoms. The van der Waals surface area contributed by atoms with Gasteiger partial charge in [-0.15, -0.1) is 0 Å². The maximum absolute atomic E-state index is 13.9. The number of amides is 2. The number of benzene rings is 1. The van der Waals surface area contributed by atoms with Crippen molar-refractivity contribution in [3.63, 3.8) is 0 Å². The number of anilines is 1. The molecule has 6 heteroatoms. The van der Waals surface area contributed by atoms with E-state index in [1.54, 1.807) is 24.2 Å². The monoisotopic (exact) mass is 286 g/mol. The van der Waals surface area contributed by atoms with Gasteiger partial charge < -0.3 is 10.6 Å². The van der Waals surface area contributed by atoms with Gasteiger partial charge in [0, 0.05) is 30.9 Å². The van der Waals surface area contributed by atoms with Crippen molar-refractivity contribution >= 4 is 11.8 Å². The number of nitrogens with zero attached hydrogens (tertiary/aromatic N) is 2. The van der Waals surface area contributed by atoms with Gasteiger partial charge in [0.05, 0.1) is 6.54 Å². The Hall–Kier alpha value is -2.47. The minimum Gasteiger partial charge on any atom is -0.326 e. The van der Waals surface area contributed by atoms with Crippen molar-refractivity contribution in [2.75, 3.05) is 12.4 Å². The first kappa shape index (κ1) is 13.5. The zero-order valence-electron chi connectivity index (χ0n) is 11.6. The Balaban J connectivity index is 2.10. The molecule has 0 fully saturated rings. The Kier molecular flexibility index (Phi) is 3.31. The van der Waals surface area contributed by atoms with Gasteiger partial charge in [-0.25, -0.2) is 14.2 Å². The van der Waals surface area contributed by atoms with Crippen LogP contribution in [-0.4, -0.2) is 23.0 Å². The number of hydrogen-bond donors (Lipinski definition) is 2. The molecule has 2 aromatic rings. The van der Waals surface area contributed by atoms with Crippen LogP contribution < -0.4 is 11.1 Å². The Bertz CT molecular complexity index is 717. The van der Waals surface area contributed by atoms with Gasteiger partial charge in [-0.3, -0.25) is 5.32 Å². The zero-order valence-corrected chi connectivity index (χ0v) is 11.6. The maximum atomic E-state index is 13.9. The minimum absolute atomic E-state index is 0.166. The van der Waals surface area contributed by atoms with Crippen LogP contribution >= 0.6 is 0 Å². The van der Waals surface area contributed by atoms with Crippen LogP contribution in [0.3, 0.4) is 0 Å². The molecule has 2 amide bonds. The molecule has 1 aliphatic heterocycles. The highest BCUT2D eigenvalue weighted by atomic mass is 19.1. The Morgan fingerprint density at radius 3 is 2.95 bits per heavy atom. The molecule has 0 radical (unpaired) electrons. The van der Waals surface area contributed by atoms with Crippen LogP contribution in [0.15, 0.2) is 30.5 Å². The van der Waals surface area contributed by atoms with Gasteiger partial charge in [-0.2, -0.15) is 0 Å². The van der Waals surface area contributed by atoms with Crippen LogP contribution in [0.25, 0.3) is 11.1 Å². The van der Waals surface area contributed by atoms with Crippen LogP contribution in [0, 0.1) is 5.82 Å². The van der Waals surface area contributed by atoms with E-state index < -0.39 is 0 Å². The van der Waals surface area contributed by atoms with Gasteiger partial charge in [-0.1, -0.05) is 12.1 Å². The highest BCUT2D eigenvalue weighted by Crippen LogP contribution is 2.32. The molecular weight excluding hydrogens is 271 g/mol. The Morgan fingerprint density at radius 1 is 1.43 bits per heavy atom. The summed E-state index contributed by atoms with van der Waals surface area (Å²) in [5.41, 5.74) is 8.43. The lowest BCUT2D eigenvalue weighted by atomic mass is 9.98. The number of halogens is 1. The number of pyridine rings is 1. The lowest BCUT2D eigenvalue weighted by Crippen LogP contribution is -2.36. The summed E-state index contributed by atoms with van der Waals surface area (Å²) in [7, 11) is 1.70. The van der Waals surface area contributed by atoms with Gasteiger partial charge in [0.2, 0.25) is 0 Å². The molecule has 3 N–H and O–H groups in total. The third-order valence-electron chi connectivity index (χ3n) is 3.61. The number of urea groups is 1. The molecule has 0 bridgehead atoms. The number of fused-ring (bicyclic) bond motifs is 1. The Morgan fingerprint density at radius 2 is 2.24 bits per heavy atom. The van der Waals surface area contributed by atoms with Gasteiger partial charge in [-0.05, 0) is 23.3 Å². The van der Waals surface area contributed by atoms with Crippen molar-refractivity contribution in [1.82, 2.24) is 9.88 Å². The predicted octanol–water partition coefficient (Wildman–Crippen LogP) is 2.32. The lowest BCUT2D eigenvalue weighted by molar-refractivity contribution is 0.218. The quantitative estimate of drug-likeness (QED) is 0.890. The Labute approximate surface area is 121 Å². The molecule has 3 rings (SSSR count). The summed E-state index contributed by atoms with van der Waals surface area (Å²) >= 11 is 0. The van der Waals surface area contributed by atoms with Crippen LogP contribution in [0.2, 0.25) is 0 Å². The fourth-order valence-electron chi connectivity index (χ4n) is 2.42. The van der Waals surface area contributed by atoms with E-state index in [2.05, 4.69) is 10.3 Å². The van der Waals surface area contributed by atoms with Gasteiger partial charge in [0.15, 0.2) is 0 Å². The molecule has 1 aromatic heterocycles. The minimum atomic E-state index is -0.325. The molecule has 0 spiro atoms. The van der Waals surface area contributed by atoms with E-state index in [-0.39, 0.29) is 18.4 Å². The molecule has 5 nitrogen and oxygen atoms in total. The van der Waals surface area contributed by atoms with E-state index in [0.717, 1.165) is 16.7 Å². The van der Waals surface area contributed by atoms with Crippen molar-refractivity contribution in [2.24, 2.45) is 5.73 Å². The number of hydrogen-bond acceptors (Lipinski definition) is 3. The average molecular weight is 286 g/mol. The summed E-state index contributed by atoms with van der Waals surface area (Å²) in [6, 6.07) is 6.60. The highest BCUT2D eigenvalue weighted by Gasteiger charge is 2.23. The number of carbonyl (C=O) groups is 1. The predicted molar refractivity (Wildman–Crippen MR) is 78.0 cm³/mol. The van der Waals surface area contributed by atoms with Crippen LogP contribution in [0.1, 0.15) is 11.1 Å². The summed E-state index contributed by atoms with van der Waals surface area (Å²) in [6.07, 6.45) is 1.61. The van der Waals surface area contributed by atoms with E-state index in [9.17, 15) is 9.18 Å². The summed E-state index contributed by atoms with van der Waals surface area (Å²) < 4.78 is 13.9. The second-order valence-corrected chi connectivity index (χ2v) is 4.98. The first-order valence-corrected chi connectivity index (χ1v) is 6.59. The second-order valence-electron chi connectivity index (χ2n) is 4.98. The first-order valence-electron chi connectivity index (χ1n) is 6.59. The maximum Gasteiger partial charge on any atom is 0.323 e. The lowest BCUT2D eigenvalue weighted by Gasteiger charge is -2.26. The topological polar surface area (TPSA) is 71.2 Å². The summed E-state index contributed by atoms with van der Waals surface area (Å²) in [6.45, 7) is 0.601. The summed E-state index contributed by atoms with van der Waals surface area (Å²) in [5.74, 6) is 0.202. The summed E-state index contributed by atoms with van der Waals surface area (Å²) in [4.78, 5) is 17.4. The second kappa shape index (κ2) is 5.14. The molecule has 0 atom stereocenters. The highest BCUT2D eigenvalue weighted by molar-refractivity contribution is 5.92. The van der Waals surface area contributed by atoms with Gasteiger partial charge >= 0.3 is 6.03 Å². The number of carbonyl (C=O) groups excluding carboxylic acids is 1. The van der Waals surface area contributed by atoms with E-state index in [4.69, 9.17) is 5.73 Å². The van der Waals surface area contributed by atoms with Crippen molar-refractivity contribution < 1.29 is 9.18 Å². The molecular formula is C15H15FN4O. The zero-order chi connectivity index (χ0) is 15.0. The first-order chi connectivity index (χ1) is 10.1. The molecule has 1 aliphatic rings. The molecule has 2 heterocycles. The molecule has 1 aromatic carbocycles. The normalized spacial score (nSPS) is 13.9. The largest absolute Gasteiger partial charge is 0.326 e. The van der Waals surface area contributed by atoms with Gasteiger partial charge in [0.1, 0.15) is 11.6 Å². The van der Waals surface area contributed by atoms with E-state index >= 15 is 0 Å². The third kappa shape index (κ3) is 2.34. The van der Waals surface area contributed by atoms with Crippen molar-refractivity contribution in [3.8, 4) is 11.1 Å². The standard InChI is InChI=1S/C15H15FN4O/c1-20-8-12-11(4-5-18-14(12)19-15(20)21)9-2-3-10(7-17)13(16)6-9/h2-6H,7-8,17H2,1H3,(H,18,19,21). The molecule has 0 aliphatic carbocycles. The van der Waals surface area contributed by atoms with E-state index in [0.29, 0.717) is 17.9 Å². The SMILES string of the molecule is CN1Cc2c(-c3ccc(CN)c(F)c3)ccnc2NC1=O. The number of aromatic nitrogens is 1. The molecule has 0 saturated carbocycles. The smallest absolute Gasteiger partial charge is 0.323 e. The van der Waals surface area contributed by atoms with Gasteiger partial charge in [0.25, 0.3) is 0 Å². The van der Waals surface area contributed by atoms with Crippen LogP contribution in [0.5, 0.6) is 0 Å². The summed E-state index contributed by atoms with van der Waals surface area (Å²) in [5, 5.41) is 2.72. The molecule has 0 unspecified atom stereocenters. The average Bonchev–Trinajstić information content (AvgIpc) is 2.48. The third-order valence-corrected chi connectivity index (χ3v) is 3.61. The number of nitrogens with one attached hydrogen (secondary N) is 1. The fourth-order valence-corrected chi connectivity index (χ4v) is 2.42. The van der Waals surface area contributed by atoms with Crippen LogP contribution in [0.4, 0.5) is 15.0 Å². The number of rotatable bonds is 2. The van der Waals surface area contributed by atoms with E-state index in [1.165, 1.54) is 6.07 Å².